The summed E-state index contributed by atoms with van der Waals surface area (Å²) in [5, 5.41) is 5.52. The number of rotatable bonds is 6. The molecule has 0 unspecified atom stereocenters. The van der Waals surface area contributed by atoms with E-state index in [0.717, 1.165) is 11.6 Å². The van der Waals surface area contributed by atoms with Gasteiger partial charge in [-0.15, -0.1) is 0 Å². The van der Waals surface area contributed by atoms with Crippen LogP contribution < -0.4 is 10.6 Å². The molecular formula is C16H20N2O5. The minimum Gasteiger partial charge on any atom is -0.466 e. The molecular weight excluding hydrogens is 300 g/mol. The van der Waals surface area contributed by atoms with Crippen molar-refractivity contribution in [3.05, 3.63) is 41.1 Å². The van der Waals surface area contributed by atoms with Crippen LogP contribution in [-0.2, 0) is 19.1 Å². The number of ether oxygens (including phenoxy) is 2. The average Bonchev–Trinajstić information content (AvgIpc) is 2.54. The maximum absolute atomic E-state index is 11.8. The highest BCUT2D eigenvalue weighted by Gasteiger charge is 2.14. The van der Waals surface area contributed by atoms with Crippen molar-refractivity contribution in [2.24, 2.45) is 0 Å². The van der Waals surface area contributed by atoms with Crippen LogP contribution in [0.15, 0.2) is 30.0 Å². The maximum atomic E-state index is 11.8. The van der Waals surface area contributed by atoms with Crippen molar-refractivity contribution in [1.29, 1.82) is 0 Å². The Morgan fingerprint density at radius 3 is 2.39 bits per heavy atom. The zero-order chi connectivity index (χ0) is 17.4. The summed E-state index contributed by atoms with van der Waals surface area (Å²) in [5.74, 6) is -1.57. The van der Waals surface area contributed by atoms with Crippen LogP contribution in [0, 0.1) is 6.92 Å². The predicted molar refractivity (Wildman–Crippen MR) is 84.9 cm³/mol. The van der Waals surface area contributed by atoms with E-state index in [4.69, 9.17) is 0 Å². The van der Waals surface area contributed by atoms with E-state index >= 15 is 0 Å². The fourth-order valence-electron chi connectivity index (χ4n) is 1.79. The lowest BCUT2D eigenvalue weighted by molar-refractivity contribution is -0.138. The third-order valence-electron chi connectivity index (χ3n) is 2.96. The molecule has 1 aromatic rings. The van der Waals surface area contributed by atoms with Crippen molar-refractivity contribution >= 4 is 23.5 Å². The molecule has 0 fully saturated rings. The van der Waals surface area contributed by atoms with Crippen LogP contribution in [0.25, 0.3) is 0 Å². The van der Waals surface area contributed by atoms with E-state index < -0.39 is 11.9 Å². The molecule has 1 rings (SSSR count). The second-order valence-corrected chi connectivity index (χ2v) is 4.59. The van der Waals surface area contributed by atoms with Gasteiger partial charge in [-0.05, 0) is 37.6 Å². The van der Waals surface area contributed by atoms with Crippen LogP contribution in [0.3, 0.4) is 0 Å². The summed E-state index contributed by atoms with van der Waals surface area (Å²) < 4.78 is 9.13. The molecule has 0 spiro atoms. The first-order valence-electron chi connectivity index (χ1n) is 6.96. The summed E-state index contributed by atoms with van der Waals surface area (Å²) in [6, 6.07) is 4.95. The Morgan fingerprint density at radius 2 is 1.87 bits per heavy atom. The molecule has 23 heavy (non-hydrogen) atoms. The number of methoxy groups -OCH3 is 2. The molecule has 1 aromatic carbocycles. The molecule has 0 bridgehead atoms. The van der Waals surface area contributed by atoms with E-state index in [1.165, 1.54) is 14.2 Å². The standard InChI is InChI=1S/C16H20N2O5/c1-5-17-15(20)11-6-7-12(10(2)8-11)18-13(16(21)23-4)9-14(19)22-3/h6-9,18H,5H2,1-4H3,(H,17,20)/b13-9+. The summed E-state index contributed by atoms with van der Waals surface area (Å²) in [6.45, 7) is 4.14. The summed E-state index contributed by atoms with van der Waals surface area (Å²) in [6.07, 6.45) is 1.00. The zero-order valence-electron chi connectivity index (χ0n) is 13.6. The van der Waals surface area contributed by atoms with Gasteiger partial charge in [0.1, 0.15) is 5.70 Å². The molecule has 0 saturated carbocycles. The van der Waals surface area contributed by atoms with Crippen molar-refractivity contribution in [3.8, 4) is 0 Å². The highest BCUT2D eigenvalue weighted by atomic mass is 16.5. The number of carbonyl (C=O) groups excluding carboxylic acids is 3. The molecule has 0 atom stereocenters. The Morgan fingerprint density at radius 1 is 1.17 bits per heavy atom. The third kappa shape index (κ3) is 5.14. The monoisotopic (exact) mass is 320 g/mol. The van der Waals surface area contributed by atoms with E-state index in [9.17, 15) is 14.4 Å². The predicted octanol–water partition coefficient (Wildman–Crippen LogP) is 1.39. The summed E-state index contributed by atoms with van der Waals surface area (Å²) >= 11 is 0. The van der Waals surface area contributed by atoms with Crippen molar-refractivity contribution in [1.82, 2.24) is 5.32 Å². The molecule has 0 heterocycles. The summed E-state index contributed by atoms with van der Waals surface area (Å²) in [5.41, 5.74) is 1.74. The molecule has 0 radical (unpaired) electrons. The highest BCUT2D eigenvalue weighted by molar-refractivity contribution is 5.99. The van der Waals surface area contributed by atoms with E-state index in [1.54, 1.807) is 25.1 Å². The largest absolute Gasteiger partial charge is 0.466 e. The van der Waals surface area contributed by atoms with Crippen LogP contribution in [0.4, 0.5) is 5.69 Å². The molecule has 0 aromatic heterocycles. The number of hydrogen-bond acceptors (Lipinski definition) is 6. The van der Waals surface area contributed by atoms with Gasteiger partial charge in [0, 0.05) is 17.8 Å². The van der Waals surface area contributed by atoms with Gasteiger partial charge in [0.15, 0.2) is 0 Å². The number of aryl methyl sites for hydroxylation is 1. The Bertz CT molecular complexity index is 637. The van der Waals surface area contributed by atoms with Crippen molar-refractivity contribution < 1.29 is 23.9 Å². The van der Waals surface area contributed by atoms with E-state index in [-0.39, 0.29) is 11.6 Å². The Hall–Kier alpha value is -2.83. The number of nitrogens with one attached hydrogen (secondary N) is 2. The zero-order valence-corrected chi connectivity index (χ0v) is 13.6. The number of benzene rings is 1. The minimum atomic E-state index is -0.706. The lowest BCUT2D eigenvalue weighted by Gasteiger charge is -2.12. The van der Waals surface area contributed by atoms with Crippen molar-refractivity contribution in [2.75, 3.05) is 26.1 Å². The fraction of sp³-hybridized carbons (Fsp3) is 0.312. The summed E-state index contributed by atoms with van der Waals surface area (Å²) in [4.78, 5) is 34.8. The van der Waals surface area contributed by atoms with Crippen LogP contribution >= 0.6 is 0 Å². The molecule has 124 valence electrons. The Labute approximate surface area is 134 Å². The minimum absolute atomic E-state index is 0.0618. The van der Waals surface area contributed by atoms with Crippen molar-refractivity contribution in [2.45, 2.75) is 13.8 Å². The first-order chi connectivity index (χ1) is 10.9. The topological polar surface area (TPSA) is 93.7 Å². The van der Waals surface area contributed by atoms with E-state index in [0.29, 0.717) is 17.8 Å². The van der Waals surface area contributed by atoms with Gasteiger partial charge in [0.05, 0.1) is 20.3 Å². The van der Waals surface area contributed by atoms with Gasteiger partial charge in [-0.25, -0.2) is 9.59 Å². The molecule has 2 N–H and O–H groups in total. The molecule has 0 aliphatic rings. The van der Waals surface area contributed by atoms with Gasteiger partial charge in [0.25, 0.3) is 5.91 Å². The van der Waals surface area contributed by atoms with Crippen LogP contribution in [0.1, 0.15) is 22.8 Å². The fourth-order valence-corrected chi connectivity index (χ4v) is 1.79. The Kier molecular flexibility index (Phi) is 6.79. The third-order valence-corrected chi connectivity index (χ3v) is 2.96. The molecule has 0 aliphatic heterocycles. The van der Waals surface area contributed by atoms with E-state index in [1.807, 2.05) is 6.92 Å². The van der Waals surface area contributed by atoms with Crippen molar-refractivity contribution in [3.63, 3.8) is 0 Å². The van der Waals surface area contributed by atoms with Gasteiger partial charge in [-0.1, -0.05) is 0 Å². The average molecular weight is 320 g/mol. The van der Waals surface area contributed by atoms with Gasteiger partial charge in [-0.3, -0.25) is 4.79 Å². The normalized spacial score (nSPS) is 10.7. The van der Waals surface area contributed by atoms with Gasteiger partial charge < -0.3 is 20.1 Å². The highest BCUT2D eigenvalue weighted by Crippen LogP contribution is 2.19. The second-order valence-electron chi connectivity index (χ2n) is 4.59. The first-order valence-corrected chi connectivity index (χ1v) is 6.96. The molecule has 7 heteroatoms. The number of amides is 1. The number of hydrogen-bond donors (Lipinski definition) is 2. The quantitative estimate of drug-likeness (QED) is 0.607. The maximum Gasteiger partial charge on any atom is 0.354 e. The lowest BCUT2D eigenvalue weighted by Crippen LogP contribution is -2.22. The van der Waals surface area contributed by atoms with E-state index in [2.05, 4.69) is 20.1 Å². The van der Waals surface area contributed by atoms with Crippen LogP contribution in [0.2, 0.25) is 0 Å². The summed E-state index contributed by atoms with van der Waals surface area (Å²) in [7, 11) is 2.42. The first kappa shape index (κ1) is 18.2. The van der Waals surface area contributed by atoms with Gasteiger partial charge >= 0.3 is 11.9 Å². The molecule has 7 nitrogen and oxygen atoms in total. The molecule has 0 aliphatic carbocycles. The molecule has 1 amide bonds. The van der Waals surface area contributed by atoms with Crippen LogP contribution in [-0.4, -0.2) is 38.6 Å². The number of carbonyl (C=O) groups is 3. The SMILES string of the molecule is CCNC(=O)c1ccc(N/C(=C/C(=O)OC)C(=O)OC)c(C)c1. The van der Waals surface area contributed by atoms with Gasteiger partial charge in [0.2, 0.25) is 0 Å². The smallest absolute Gasteiger partial charge is 0.354 e. The number of esters is 2. The van der Waals surface area contributed by atoms with Crippen LogP contribution in [0.5, 0.6) is 0 Å². The number of anilines is 1. The molecule has 0 saturated heterocycles. The van der Waals surface area contributed by atoms with Gasteiger partial charge in [-0.2, -0.15) is 0 Å². The Balaban J connectivity index is 3.05. The second kappa shape index (κ2) is 8.57. The lowest BCUT2D eigenvalue weighted by atomic mass is 10.1.